The van der Waals surface area contributed by atoms with Gasteiger partial charge in [-0.25, -0.2) is 13.1 Å². The zero-order chi connectivity index (χ0) is 16.0. The van der Waals surface area contributed by atoms with Gasteiger partial charge in [0, 0.05) is 29.9 Å². The van der Waals surface area contributed by atoms with Crippen LogP contribution in [0, 0.1) is 0 Å². The van der Waals surface area contributed by atoms with Gasteiger partial charge in [0.1, 0.15) is 0 Å². The molecule has 2 aromatic carbocycles. The van der Waals surface area contributed by atoms with Crippen molar-refractivity contribution in [2.75, 3.05) is 20.1 Å². The maximum absolute atomic E-state index is 12.4. The molecule has 2 aromatic rings. The van der Waals surface area contributed by atoms with E-state index in [-0.39, 0.29) is 18.0 Å². The molecule has 0 fully saturated rings. The van der Waals surface area contributed by atoms with Gasteiger partial charge < -0.3 is 5.32 Å². The third kappa shape index (κ3) is 3.55. The minimum atomic E-state index is -3.65. The Balaban J connectivity index is 2.42. The smallest absolute Gasteiger partial charge is 0.241 e. The van der Waals surface area contributed by atoms with Gasteiger partial charge in [0.25, 0.3) is 0 Å². The van der Waals surface area contributed by atoms with Crippen molar-refractivity contribution in [2.24, 2.45) is 5.11 Å². The Labute approximate surface area is 129 Å². The molecule has 0 radical (unpaired) electrons. The quantitative estimate of drug-likeness (QED) is 0.353. The molecule has 0 heterocycles. The molecule has 8 heteroatoms. The van der Waals surface area contributed by atoms with E-state index in [1.54, 1.807) is 18.2 Å². The highest BCUT2D eigenvalue weighted by Crippen LogP contribution is 2.25. The van der Waals surface area contributed by atoms with E-state index in [0.29, 0.717) is 11.9 Å². The van der Waals surface area contributed by atoms with Crippen LogP contribution in [0.3, 0.4) is 0 Å². The van der Waals surface area contributed by atoms with E-state index in [4.69, 9.17) is 5.53 Å². The van der Waals surface area contributed by atoms with Gasteiger partial charge in [-0.15, -0.1) is 0 Å². The summed E-state index contributed by atoms with van der Waals surface area (Å²) in [5.74, 6) is 0. The van der Waals surface area contributed by atoms with Crippen molar-refractivity contribution in [1.82, 2.24) is 10.0 Å². The molecule has 2 N–H and O–H groups in total. The fourth-order valence-electron chi connectivity index (χ4n) is 2.28. The summed E-state index contributed by atoms with van der Waals surface area (Å²) in [6.45, 7) is 0.801. The van der Waals surface area contributed by atoms with Crippen LogP contribution in [0.1, 0.15) is 5.56 Å². The van der Waals surface area contributed by atoms with E-state index < -0.39 is 10.0 Å². The molecule has 116 valence electrons. The van der Waals surface area contributed by atoms with Crippen molar-refractivity contribution in [1.29, 1.82) is 0 Å². The van der Waals surface area contributed by atoms with Crippen molar-refractivity contribution in [2.45, 2.75) is 11.4 Å². The Bertz CT molecular complexity index is 813. The molecule has 0 amide bonds. The summed E-state index contributed by atoms with van der Waals surface area (Å²) in [5.41, 5.74) is 9.24. The summed E-state index contributed by atoms with van der Waals surface area (Å²) in [6.07, 6.45) is 0. The monoisotopic (exact) mass is 319 g/mol. The van der Waals surface area contributed by atoms with Crippen molar-refractivity contribution >= 4 is 20.8 Å². The lowest BCUT2D eigenvalue weighted by molar-refractivity contribution is 0.583. The first-order valence-corrected chi connectivity index (χ1v) is 8.24. The first kappa shape index (κ1) is 16.3. The second-order valence-corrected chi connectivity index (χ2v) is 6.39. The van der Waals surface area contributed by atoms with E-state index in [0.717, 1.165) is 10.9 Å². The highest BCUT2D eigenvalue weighted by Gasteiger charge is 2.17. The normalized spacial score (nSPS) is 11.3. The summed E-state index contributed by atoms with van der Waals surface area (Å²) < 4.78 is 27.3. The molecule has 22 heavy (non-hydrogen) atoms. The summed E-state index contributed by atoms with van der Waals surface area (Å²) in [6, 6.07) is 10.8. The van der Waals surface area contributed by atoms with Gasteiger partial charge in [0.2, 0.25) is 10.0 Å². The number of benzene rings is 2. The molecule has 0 aliphatic rings. The number of azide groups is 1. The highest BCUT2D eigenvalue weighted by molar-refractivity contribution is 7.89. The van der Waals surface area contributed by atoms with Gasteiger partial charge in [-0.1, -0.05) is 35.4 Å². The van der Waals surface area contributed by atoms with Crippen molar-refractivity contribution in [3.05, 3.63) is 52.4 Å². The van der Waals surface area contributed by atoms with E-state index in [2.05, 4.69) is 20.1 Å². The Kier molecular flexibility index (Phi) is 5.35. The minimum absolute atomic E-state index is 0.0684. The first-order valence-electron chi connectivity index (χ1n) is 6.76. The summed E-state index contributed by atoms with van der Waals surface area (Å²) in [5, 5.41) is 7.96. The van der Waals surface area contributed by atoms with Gasteiger partial charge >= 0.3 is 0 Å². The predicted molar refractivity (Wildman–Crippen MR) is 85.9 cm³/mol. The molecule has 0 aliphatic heterocycles. The molecule has 0 saturated heterocycles. The zero-order valence-electron chi connectivity index (χ0n) is 12.2. The van der Waals surface area contributed by atoms with Crippen molar-refractivity contribution < 1.29 is 8.42 Å². The Morgan fingerprint density at radius 1 is 1.18 bits per heavy atom. The maximum Gasteiger partial charge on any atom is 0.241 e. The SMILES string of the molecule is CNCc1cccc2c(S(=O)(=O)NCCN=[N+]=[N-])cccc12. The van der Waals surface area contributed by atoms with Crippen LogP contribution >= 0.6 is 0 Å². The van der Waals surface area contributed by atoms with E-state index in [9.17, 15) is 8.42 Å². The summed E-state index contributed by atoms with van der Waals surface area (Å²) in [7, 11) is -1.81. The summed E-state index contributed by atoms with van der Waals surface area (Å²) in [4.78, 5) is 2.82. The molecule has 0 aromatic heterocycles. The van der Waals surface area contributed by atoms with Gasteiger partial charge in [-0.3, -0.25) is 0 Å². The Morgan fingerprint density at radius 2 is 1.91 bits per heavy atom. The maximum atomic E-state index is 12.4. The molecular weight excluding hydrogens is 302 g/mol. The molecule has 0 aliphatic carbocycles. The fraction of sp³-hybridized carbons (Fsp3) is 0.286. The molecule has 0 spiro atoms. The first-order chi connectivity index (χ1) is 10.6. The Hall–Kier alpha value is -2.12. The molecule has 0 atom stereocenters. The van der Waals surface area contributed by atoms with E-state index >= 15 is 0 Å². The van der Waals surface area contributed by atoms with Gasteiger partial charge in [0.05, 0.1) is 4.90 Å². The second-order valence-electron chi connectivity index (χ2n) is 4.65. The molecule has 0 bridgehead atoms. The average molecular weight is 319 g/mol. The molecule has 7 nitrogen and oxygen atoms in total. The molecule has 0 unspecified atom stereocenters. The van der Waals surface area contributed by atoms with Crippen molar-refractivity contribution in [3.8, 4) is 0 Å². The van der Waals surface area contributed by atoms with Crippen LogP contribution in [0.15, 0.2) is 46.4 Å². The third-order valence-electron chi connectivity index (χ3n) is 3.20. The lowest BCUT2D eigenvalue weighted by atomic mass is 10.0. The minimum Gasteiger partial charge on any atom is -0.316 e. The van der Waals surface area contributed by atoms with E-state index in [1.807, 2.05) is 25.2 Å². The predicted octanol–water partition coefficient (Wildman–Crippen LogP) is 2.15. The largest absolute Gasteiger partial charge is 0.316 e. The lowest BCUT2D eigenvalue weighted by Crippen LogP contribution is -2.26. The number of hydrogen-bond acceptors (Lipinski definition) is 4. The Morgan fingerprint density at radius 3 is 2.64 bits per heavy atom. The summed E-state index contributed by atoms with van der Waals surface area (Å²) >= 11 is 0. The van der Waals surface area contributed by atoms with Crippen molar-refractivity contribution in [3.63, 3.8) is 0 Å². The number of fused-ring (bicyclic) bond motifs is 1. The van der Waals surface area contributed by atoms with Crippen LogP contribution in [0.4, 0.5) is 0 Å². The van der Waals surface area contributed by atoms with Crippen LogP contribution < -0.4 is 10.0 Å². The number of sulfonamides is 1. The lowest BCUT2D eigenvalue weighted by Gasteiger charge is -2.11. The van der Waals surface area contributed by atoms with Gasteiger partial charge in [0.15, 0.2) is 0 Å². The topological polar surface area (TPSA) is 107 Å². The van der Waals surface area contributed by atoms with Crippen LogP contribution in [0.5, 0.6) is 0 Å². The number of nitrogens with zero attached hydrogens (tertiary/aromatic N) is 3. The number of nitrogens with one attached hydrogen (secondary N) is 2. The third-order valence-corrected chi connectivity index (χ3v) is 4.72. The number of hydrogen-bond donors (Lipinski definition) is 2. The van der Waals surface area contributed by atoms with Crippen LogP contribution in [0.2, 0.25) is 0 Å². The van der Waals surface area contributed by atoms with Crippen LogP contribution in [0.25, 0.3) is 21.2 Å². The fourth-order valence-corrected chi connectivity index (χ4v) is 3.52. The standard InChI is InChI=1S/C14H17N5O2S/c1-16-10-11-4-2-6-13-12(11)5-3-7-14(13)22(20,21)18-9-8-17-19-15/h2-7,16,18H,8-10H2,1H3. The van der Waals surface area contributed by atoms with Gasteiger partial charge in [-0.2, -0.15) is 0 Å². The molecule has 0 saturated carbocycles. The van der Waals surface area contributed by atoms with Crippen LogP contribution in [-0.4, -0.2) is 28.6 Å². The zero-order valence-corrected chi connectivity index (χ0v) is 13.0. The second kappa shape index (κ2) is 7.24. The van der Waals surface area contributed by atoms with Crippen LogP contribution in [-0.2, 0) is 16.6 Å². The average Bonchev–Trinajstić information content (AvgIpc) is 2.52. The molecular formula is C14H17N5O2S. The van der Waals surface area contributed by atoms with Gasteiger partial charge in [-0.05, 0) is 29.6 Å². The number of rotatable bonds is 7. The molecule has 2 rings (SSSR count). The highest BCUT2D eigenvalue weighted by atomic mass is 32.2. The van der Waals surface area contributed by atoms with E-state index in [1.165, 1.54) is 0 Å².